The summed E-state index contributed by atoms with van der Waals surface area (Å²) in [5.74, 6) is -1.43. The van der Waals surface area contributed by atoms with Gasteiger partial charge in [-0.15, -0.1) is 4.73 Å². The largest absolute Gasteiger partial charge is 0.478 e. The van der Waals surface area contributed by atoms with Crippen LogP contribution in [0.3, 0.4) is 0 Å². The van der Waals surface area contributed by atoms with Crippen molar-refractivity contribution in [1.29, 1.82) is 0 Å². The molecule has 6 heteroatoms. The normalized spacial score (nSPS) is 9.79. The summed E-state index contributed by atoms with van der Waals surface area (Å²) in [5, 5.41) is 17.7. The minimum absolute atomic E-state index is 0.183. The van der Waals surface area contributed by atoms with Gasteiger partial charge in [-0.05, 0) is 6.92 Å². The SMILES string of the molecule is CCOc1cc(C(=O)O)cc(=O)n1O. The molecule has 0 amide bonds. The zero-order valence-electron chi connectivity index (χ0n) is 7.43. The maximum Gasteiger partial charge on any atom is 0.336 e. The Kier molecular flexibility index (Phi) is 2.76. The highest BCUT2D eigenvalue weighted by Crippen LogP contribution is 2.09. The quantitative estimate of drug-likeness (QED) is 0.678. The zero-order chi connectivity index (χ0) is 10.7. The van der Waals surface area contributed by atoms with Gasteiger partial charge in [0.05, 0.1) is 12.2 Å². The first-order valence-corrected chi connectivity index (χ1v) is 3.88. The summed E-state index contributed by atoms with van der Waals surface area (Å²) in [5.41, 5.74) is -1.06. The number of aromatic carboxylic acids is 1. The Hall–Kier alpha value is -1.98. The third kappa shape index (κ3) is 1.85. The molecule has 0 aliphatic heterocycles. The molecule has 0 aliphatic rings. The van der Waals surface area contributed by atoms with Gasteiger partial charge >= 0.3 is 5.97 Å². The van der Waals surface area contributed by atoms with Crippen LogP contribution in [0.1, 0.15) is 17.3 Å². The van der Waals surface area contributed by atoms with E-state index in [9.17, 15) is 9.59 Å². The van der Waals surface area contributed by atoms with Gasteiger partial charge in [-0.25, -0.2) is 4.79 Å². The Morgan fingerprint density at radius 1 is 1.57 bits per heavy atom. The molecule has 1 aromatic rings. The Morgan fingerprint density at radius 3 is 2.71 bits per heavy atom. The number of rotatable bonds is 3. The second-order valence-corrected chi connectivity index (χ2v) is 2.47. The number of carboxylic acid groups (broad SMARTS) is 1. The van der Waals surface area contributed by atoms with Gasteiger partial charge in [0, 0.05) is 12.1 Å². The lowest BCUT2D eigenvalue weighted by Crippen LogP contribution is -2.21. The Bertz CT molecular complexity index is 409. The van der Waals surface area contributed by atoms with Crippen molar-refractivity contribution in [2.75, 3.05) is 6.61 Å². The van der Waals surface area contributed by atoms with Gasteiger partial charge in [-0.1, -0.05) is 0 Å². The van der Waals surface area contributed by atoms with Crippen LogP contribution >= 0.6 is 0 Å². The van der Waals surface area contributed by atoms with E-state index in [0.717, 1.165) is 12.1 Å². The van der Waals surface area contributed by atoms with Gasteiger partial charge < -0.3 is 15.1 Å². The molecule has 76 valence electrons. The Morgan fingerprint density at radius 2 is 2.21 bits per heavy atom. The van der Waals surface area contributed by atoms with Crippen LogP contribution in [0.2, 0.25) is 0 Å². The van der Waals surface area contributed by atoms with Gasteiger partial charge in [0.15, 0.2) is 0 Å². The number of pyridine rings is 1. The van der Waals surface area contributed by atoms with Crippen LogP contribution in [-0.4, -0.2) is 27.6 Å². The molecule has 0 radical (unpaired) electrons. The highest BCUT2D eigenvalue weighted by atomic mass is 16.6. The summed E-state index contributed by atoms with van der Waals surface area (Å²) < 4.78 is 5.12. The van der Waals surface area contributed by atoms with Crippen molar-refractivity contribution in [1.82, 2.24) is 4.73 Å². The maximum absolute atomic E-state index is 11.0. The van der Waals surface area contributed by atoms with Crippen molar-refractivity contribution in [2.45, 2.75) is 6.92 Å². The second-order valence-electron chi connectivity index (χ2n) is 2.47. The fraction of sp³-hybridized carbons (Fsp3) is 0.250. The fourth-order valence-electron chi connectivity index (χ4n) is 0.913. The van der Waals surface area contributed by atoms with Crippen molar-refractivity contribution in [3.8, 4) is 5.88 Å². The molecule has 2 N–H and O–H groups in total. The number of nitrogens with zero attached hydrogens (tertiary/aromatic N) is 1. The highest BCUT2D eigenvalue weighted by molar-refractivity contribution is 5.87. The lowest BCUT2D eigenvalue weighted by molar-refractivity contribution is 0.0693. The minimum Gasteiger partial charge on any atom is -0.478 e. The van der Waals surface area contributed by atoms with Gasteiger partial charge in [-0.2, -0.15) is 0 Å². The average molecular weight is 199 g/mol. The number of hydrogen-bond donors (Lipinski definition) is 2. The van der Waals surface area contributed by atoms with Crippen molar-refractivity contribution in [2.24, 2.45) is 0 Å². The summed E-state index contributed by atoms with van der Waals surface area (Å²) in [7, 11) is 0. The van der Waals surface area contributed by atoms with E-state index in [1.54, 1.807) is 6.92 Å². The van der Waals surface area contributed by atoms with Gasteiger partial charge in [0.2, 0.25) is 5.88 Å². The van der Waals surface area contributed by atoms with E-state index in [-0.39, 0.29) is 22.8 Å². The number of carbonyl (C=O) groups is 1. The van der Waals surface area contributed by atoms with E-state index in [0.29, 0.717) is 0 Å². The van der Waals surface area contributed by atoms with Crippen LogP contribution in [0.15, 0.2) is 16.9 Å². The van der Waals surface area contributed by atoms with Crippen molar-refractivity contribution < 1.29 is 19.8 Å². The molecule has 0 fully saturated rings. The summed E-state index contributed by atoms with van der Waals surface area (Å²) >= 11 is 0. The molecule has 0 bridgehead atoms. The maximum atomic E-state index is 11.0. The average Bonchev–Trinajstić information content (AvgIpc) is 2.12. The summed E-state index contributed by atoms with van der Waals surface area (Å²) in [6.07, 6.45) is 0. The first kappa shape index (κ1) is 10.1. The molecule has 0 aliphatic carbocycles. The van der Waals surface area contributed by atoms with E-state index in [1.807, 2.05) is 0 Å². The van der Waals surface area contributed by atoms with Crippen LogP contribution in [-0.2, 0) is 0 Å². The molecule has 0 atom stereocenters. The van der Waals surface area contributed by atoms with Crippen molar-refractivity contribution in [3.63, 3.8) is 0 Å². The van der Waals surface area contributed by atoms with E-state index in [4.69, 9.17) is 15.1 Å². The molecule has 0 saturated carbocycles. The van der Waals surface area contributed by atoms with E-state index in [1.165, 1.54) is 0 Å². The zero-order valence-corrected chi connectivity index (χ0v) is 7.43. The number of aromatic nitrogens is 1. The lowest BCUT2D eigenvalue weighted by Gasteiger charge is -2.06. The smallest absolute Gasteiger partial charge is 0.336 e. The second kappa shape index (κ2) is 3.82. The third-order valence-electron chi connectivity index (χ3n) is 1.51. The standard InChI is InChI=1S/C8H9NO5/c1-2-14-7-4-5(8(11)12)3-6(10)9(7)13/h3-4,13H,2H2,1H3,(H,11,12). The molecule has 0 aromatic carbocycles. The molecule has 1 heterocycles. The van der Waals surface area contributed by atoms with Crippen LogP contribution < -0.4 is 10.3 Å². The molecule has 0 saturated heterocycles. The Labute approximate surface area is 78.9 Å². The number of carboxylic acids is 1. The topological polar surface area (TPSA) is 88.8 Å². The molecule has 6 nitrogen and oxygen atoms in total. The fourth-order valence-corrected chi connectivity index (χ4v) is 0.913. The Balaban J connectivity index is 3.28. The van der Waals surface area contributed by atoms with Crippen LogP contribution in [0, 0.1) is 0 Å². The van der Waals surface area contributed by atoms with Crippen molar-refractivity contribution >= 4 is 5.97 Å². The molecule has 14 heavy (non-hydrogen) atoms. The highest BCUT2D eigenvalue weighted by Gasteiger charge is 2.10. The van der Waals surface area contributed by atoms with Crippen LogP contribution in [0.4, 0.5) is 0 Å². The van der Waals surface area contributed by atoms with Crippen LogP contribution in [0.25, 0.3) is 0 Å². The monoisotopic (exact) mass is 199 g/mol. The first-order chi connectivity index (χ1) is 6.56. The predicted octanol–water partition coefficient (Wildman–Crippen LogP) is 0.182. The van der Waals surface area contributed by atoms with Gasteiger partial charge in [0.1, 0.15) is 0 Å². The molecular weight excluding hydrogens is 190 g/mol. The summed E-state index contributed by atoms with van der Waals surface area (Å²) in [4.78, 5) is 21.5. The molecule has 0 spiro atoms. The van der Waals surface area contributed by atoms with E-state index < -0.39 is 11.5 Å². The van der Waals surface area contributed by atoms with Crippen LogP contribution in [0.5, 0.6) is 5.88 Å². The predicted molar refractivity (Wildman–Crippen MR) is 46.0 cm³/mol. The summed E-state index contributed by atoms with van der Waals surface area (Å²) in [6.45, 7) is 1.88. The molecule has 1 rings (SSSR count). The third-order valence-corrected chi connectivity index (χ3v) is 1.51. The van der Waals surface area contributed by atoms with E-state index >= 15 is 0 Å². The first-order valence-electron chi connectivity index (χ1n) is 3.88. The number of hydrogen-bond acceptors (Lipinski definition) is 4. The number of ether oxygens (including phenoxy) is 1. The van der Waals surface area contributed by atoms with Crippen molar-refractivity contribution in [3.05, 3.63) is 28.0 Å². The van der Waals surface area contributed by atoms with E-state index in [2.05, 4.69) is 0 Å². The van der Waals surface area contributed by atoms with Gasteiger partial charge in [-0.3, -0.25) is 4.79 Å². The summed E-state index contributed by atoms with van der Waals surface area (Å²) in [6, 6.07) is 1.89. The molecule has 1 aromatic heterocycles. The van der Waals surface area contributed by atoms with Gasteiger partial charge in [0.25, 0.3) is 5.56 Å². The lowest BCUT2D eigenvalue weighted by atomic mass is 10.3. The minimum atomic E-state index is -1.25. The molecule has 0 unspecified atom stereocenters. The molecular formula is C8H9NO5.